The van der Waals surface area contributed by atoms with Crippen LogP contribution in [0.4, 0.5) is 5.69 Å². The Labute approximate surface area is 142 Å². The van der Waals surface area contributed by atoms with Crippen molar-refractivity contribution in [1.29, 1.82) is 0 Å². The Balaban J connectivity index is 1.75. The van der Waals surface area contributed by atoms with E-state index in [4.69, 9.17) is 4.42 Å². The lowest BCUT2D eigenvalue weighted by molar-refractivity contribution is 0.102. The summed E-state index contributed by atoms with van der Waals surface area (Å²) in [7, 11) is 0. The molecular weight excluding hydrogens is 318 g/mol. The largest absolute Gasteiger partial charge is 0.506 e. The maximum absolute atomic E-state index is 12.5. The molecule has 5 heteroatoms. The third-order valence-electron chi connectivity index (χ3n) is 4.02. The highest BCUT2D eigenvalue weighted by Gasteiger charge is 2.21. The topological polar surface area (TPSA) is 79.5 Å². The zero-order chi connectivity index (χ0) is 17.4. The zero-order valence-electron chi connectivity index (χ0n) is 13.0. The normalized spacial score (nSPS) is 10.9. The lowest BCUT2D eigenvalue weighted by Crippen LogP contribution is -2.21. The Morgan fingerprint density at radius 3 is 2.48 bits per heavy atom. The van der Waals surface area contributed by atoms with E-state index >= 15 is 0 Å². The van der Waals surface area contributed by atoms with E-state index in [-0.39, 0.29) is 11.3 Å². The fraction of sp³-hybridized carbons (Fsp3) is 0. The Hall–Kier alpha value is -3.60. The Morgan fingerprint density at radius 2 is 1.64 bits per heavy atom. The molecule has 1 heterocycles. The molecule has 0 saturated carbocycles. The van der Waals surface area contributed by atoms with Crippen LogP contribution in [0.1, 0.15) is 10.4 Å². The van der Waals surface area contributed by atoms with Crippen LogP contribution in [0.5, 0.6) is 5.75 Å². The van der Waals surface area contributed by atoms with Gasteiger partial charge in [0.1, 0.15) is 11.3 Å². The Bertz CT molecular complexity index is 1180. The van der Waals surface area contributed by atoms with Crippen LogP contribution in [0, 0.1) is 0 Å². The number of benzene rings is 3. The number of aromatic hydroxyl groups is 1. The summed E-state index contributed by atoms with van der Waals surface area (Å²) in [6, 6.07) is 19.6. The number of carbonyl (C=O) groups is 1. The van der Waals surface area contributed by atoms with Gasteiger partial charge in [-0.15, -0.1) is 0 Å². The fourth-order valence-corrected chi connectivity index (χ4v) is 2.79. The molecular formula is C20H13NO4. The van der Waals surface area contributed by atoms with Gasteiger partial charge in [0.2, 0.25) is 0 Å². The molecule has 0 aliphatic rings. The van der Waals surface area contributed by atoms with Gasteiger partial charge in [-0.1, -0.05) is 42.5 Å². The number of anilines is 1. The zero-order valence-corrected chi connectivity index (χ0v) is 13.0. The van der Waals surface area contributed by atoms with Gasteiger partial charge in [0.25, 0.3) is 5.91 Å². The molecule has 4 rings (SSSR count). The molecule has 0 spiro atoms. The first kappa shape index (κ1) is 15.0. The number of fused-ring (bicyclic) bond motifs is 2. The van der Waals surface area contributed by atoms with Gasteiger partial charge in [0.15, 0.2) is 5.56 Å². The summed E-state index contributed by atoms with van der Waals surface area (Å²) in [5, 5.41) is 15.3. The van der Waals surface area contributed by atoms with Gasteiger partial charge >= 0.3 is 5.63 Å². The van der Waals surface area contributed by atoms with Crippen molar-refractivity contribution in [2.24, 2.45) is 0 Å². The summed E-state index contributed by atoms with van der Waals surface area (Å²) >= 11 is 0. The van der Waals surface area contributed by atoms with Gasteiger partial charge in [-0.25, -0.2) is 4.79 Å². The highest BCUT2D eigenvalue weighted by Crippen LogP contribution is 2.27. The van der Waals surface area contributed by atoms with Crippen LogP contribution < -0.4 is 10.9 Å². The lowest BCUT2D eigenvalue weighted by Gasteiger charge is -2.08. The second-order valence-electron chi connectivity index (χ2n) is 5.63. The monoisotopic (exact) mass is 331 g/mol. The van der Waals surface area contributed by atoms with Gasteiger partial charge in [-0.05, 0) is 35.0 Å². The molecule has 5 nitrogen and oxygen atoms in total. The van der Waals surface area contributed by atoms with Crippen LogP contribution in [0.25, 0.3) is 21.7 Å². The number of hydrogen-bond donors (Lipinski definition) is 2. The van der Waals surface area contributed by atoms with E-state index in [0.717, 1.165) is 10.8 Å². The minimum atomic E-state index is -0.880. The predicted molar refractivity (Wildman–Crippen MR) is 96.1 cm³/mol. The highest BCUT2D eigenvalue weighted by atomic mass is 16.4. The van der Waals surface area contributed by atoms with Crippen molar-refractivity contribution in [1.82, 2.24) is 0 Å². The molecule has 0 saturated heterocycles. The number of para-hydroxylation sites is 1. The average molecular weight is 331 g/mol. The molecule has 1 aromatic heterocycles. The van der Waals surface area contributed by atoms with Gasteiger partial charge in [-0.2, -0.15) is 0 Å². The van der Waals surface area contributed by atoms with E-state index in [1.54, 1.807) is 36.4 Å². The predicted octanol–water partition coefficient (Wildman–Crippen LogP) is 3.90. The van der Waals surface area contributed by atoms with Crippen LogP contribution in [0.2, 0.25) is 0 Å². The van der Waals surface area contributed by atoms with Crippen molar-refractivity contribution in [2.75, 3.05) is 5.32 Å². The van der Waals surface area contributed by atoms with Crippen molar-refractivity contribution in [2.45, 2.75) is 0 Å². The first-order valence-electron chi connectivity index (χ1n) is 7.68. The highest BCUT2D eigenvalue weighted by molar-refractivity contribution is 6.09. The third-order valence-corrected chi connectivity index (χ3v) is 4.02. The summed E-state index contributed by atoms with van der Waals surface area (Å²) in [5.74, 6) is -1.10. The number of amides is 1. The molecule has 0 unspecified atom stereocenters. The summed E-state index contributed by atoms with van der Waals surface area (Å²) in [6.07, 6.45) is 0. The van der Waals surface area contributed by atoms with Crippen molar-refractivity contribution in [3.05, 3.63) is 82.7 Å². The molecule has 0 atom stereocenters. The fourth-order valence-electron chi connectivity index (χ4n) is 2.79. The van der Waals surface area contributed by atoms with E-state index in [9.17, 15) is 14.7 Å². The molecule has 0 bridgehead atoms. The lowest BCUT2D eigenvalue weighted by atomic mass is 10.1. The van der Waals surface area contributed by atoms with Gasteiger partial charge in [0, 0.05) is 5.69 Å². The Kier molecular flexibility index (Phi) is 3.47. The second kappa shape index (κ2) is 5.79. The van der Waals surface area contributed by atoms with Crippen LogP contribution in [0.3, 0.4) is 0 Å². The smallest absolute Gasteiger partial charge is 0.353 e. The van der Waals surface area contributed by atoms with Crippen molar-refractivity contribution in [3.8, 4) is 5.75 Å². The van der Waals surface area contributed by atoms with E-state index < -0.39 is 17.1 Å². The Morgan fingerprint density at radius 1 is 0.920 bits per heavy atom. The molecule has 1 amide bonds. The molecule has 0 radical (unpaired) electrons. The molecule has 0 aliphatic carbocycles. The number of hydrogen-bond acceptors (Lipinski definition) is 4. The first-order chi connectivity index (χ1) is 12.1. The van der Waals surface area contributed by atoms with Gasteiger partial charge < -0.3 is 14.8 Å². The number of rotatable bonds is 2. The molecule has 122 valence electrons. The third kappa shape index (κ3) is 2.61. The number of carbonyl (C=O) groups excluding carboxylic acids is 1. The molecule has 0 fully saturated rings. The van der Waals surface area contributed by atoms with E-state index in [1.807, 2.05) is 30.3 Å². The summed E-state index contributed by atoms with van der Waals surface area (Å²) < 4.78 is 5.13. The van der Waals surface area contributed by atoms with Gasteiger partial charge in [-0.3, -0.25) is 4.79 Å². The maximum atomic E-state index is 12.5. The van der Waals surface area contributed by atoms with Crippen LogP contribution in [-0.2, 0) is 0 Å². The second-order valence-corrected chi connectivity index (χ2v) is 5.63. The van der Waals surface area contributed by atoms with Crippen molar-refractivity contribution >= 4 is 33.3 Å². The average Bonchev–Trinajstić information content (AvgIpc) is 2.61. The number of nitrogens with one attached hydrogen (secondary N) is 1. The maximum Gasteiger partial charge on any atom is 0.353 e. The minimum absolute atomic E-state index is 0.229. The standard InChI is InChI=1S/C20H13NO4/c22-18-15-7-3-4-8-16(15)25-20(24)17(18)19(23)21-14-10-9-12-5-1-2-6-13(12)11-14/h1-11,22H,(H,21,23). The molecule has 4 aromatic rings. The quantitative estimate of drug-likeness (QED) is 0.546. The van der Waals surface area contributed by atoms with E-state index in [0.29, 0.717) is 11.1 Å². The SMILES string of the molecule is O=C(Nc1ccc2ccccc2c1)c1c(O)c2ccccc2oc1=O. The van der Waals surface area contributed by atoms with E-state index in [2.05, 4.69) is 5.32 Å². The molecule has 25 heavy (non-hydrogen) atoms. The molecule has 2 N–H and O–H groups in total. The van der Waals surface area contributed by atoms with E-state index in [1.165, 1.54) is 0 Å². The van der Waals surface area contributed by atoms with Crippen LogP contribution in [0.15, 0.2) is 75.9 Å². The summed E-state index contributed by atoms with van der Waals surface area (Å²) in [4.78, 5) is 24.6. The summed E-state index contributed by atoms with van der Waals surface area (Å²) in [6.45, 7) is 0. The molecule has 0 aliphatic heterocycles. The van der Waals surface area contributed by atoms with Crippen LogP contribution >= 0.6 is 0 Å². The van der Waals surface area contributed by atoms with Crippen molar-refractivity contribution in [3.63, 3.8) is 0 Å². The molecule has 3 aromatic carbocycles. The van der Waals surface area contributed by atoms with Gasteiger partial charge in [0.05, 0.1) is 5.39 Å². The summed E-state index contributed by atoms with van der Waals surface area (Å²) in [5.41, 5.74) is -0.538. The van der Waals surface area contributed by atoms with Crippen molar-refractivity contribution < 1.29 is 14.3 Å². The first-order valence-corrected chi connectivity index (χ1v) is 7.68. The van der Waals surface area contributed by atoms with Crippen LogP contribution in [-0.4, -0.2) is 11.0 Å². The minimum Gasteiger partial charge on any atom is -0.506 e.